The van der Waals surface area contributed by atoms with Gasteiger partial charge in [-0.05, 0) is 24.6 Å². The van der Waals surface area contributed by atoms with Gasteiger partial charge in [0, 0.05) is 23.9 Å². The van der Waals surface area contributed by atoms with Crippen LogP contribution in [0.15, 0.2) is 54.7 Å². The number of aromatic nitrogens is 1. The van der Waals surface area contributed by atoms with Crippen molar-refractivity contribution in [1.82, 2.24) is 4.57 Å². The molecule has 0 bridgehead atoms. The molecule has 22 heavy (non-hydrogen) atoms. The maximum absolute atomic E-state index is 11.7. The van der Waals surface area contributed by atoms with E-state index < -0.39 is 11.0 Å². The van der Waals surface area contributed by atoms with Gasteiger partial charge in [0.1, 0.15) is 11.8 Å². The predicted molar refractivity (Wildman–Crippen MR) is 80.2 cm³/mol. The number of nitriles is 1. The number of nitro benzene ring substituents is 1. The normalized spacial score (nSPS) is 11.5. The third kappa shape index (κ3) is 2.79. The van der Waals surface area contributed by atoms with Crippen molar-refractivity contribution < 1.29 is 9.72 Å². The first-order valence-corrected chi connectivity index (χ1v) is 6.46. The van der Waals surface area contributed by atoms with Crippen molar-refractivity contribution in [3.63, 3.8) is 0 Å². The molecular formula is C16H13N3O3. The molecule has 0 saturated heterocycles. The van der Waals surface area contributed by atoms with Crippen LogP contribution in [0, 0.1) is 21.4 Å². The Labute approximate surface area is 127 Å². The van der Waals surface area contributed by atoms with Gasteiger partial charge in [0.25, 0.3) is 5.69 Å². The highest BCUT2D eigenvalue weighted by Crippen LogP contribution is 2.30. The van der Waals surface area contributed by atoms with Crippen LogP contribution in [0.1, 0.15) is 24.2 Å². The first-order valence-electron chi connectivity index (χ1n) is 6.46. The van der Waals surface area contributed by atoms with Gasteiger partial charge in [-0.1, -0.05) is 18.7 Å². The Kier molecular flexibility index (Phi) is 4.18. The van der Waals surface area contributed by atoms with Gasteiger partial charge < -0.3 is 4.57 Å². The van der Waals surface area contributed by atoms with E-state index in [0.29, 0.717) is 11.3 Å². The molecule has 0 aliphatic rings. The lowest BCUT2D eigenvalue weighted by atomic mass is 9.96. The molecule has 1 aromatic heterocycles. The molecule has 0 saturated carbocycles. The van der Waals surface area contributed by atoms with Gasteiger partial charge in [-0.2, -0.15) is 5.26 Å². The zero-order valence-electron chi connectivity index (χ0n) is 11.9. The van der Waals surface area contributed by atoms with E-state index in [1.165, 1.54) is 19.1 Å². The number of rotatable bonds is 5. The highest BCUT2D eigenvalue weighted by molar-refractivity contribution is 5.94. The first kappa shape index (κ1) is 15.2. The van der Waals surface area contributed by atoms with Crippen molar-refractivity contribution in [2.24, 2.45) is 0 Å². The number of nitrogens with zero attached hydrogens (tertiary/aromatic N) is 3. The van der Waals surface area contributed by atoms with Gasteiger partial charge in [-0.3, -0.25) is 14.9 Å². The van der Waals surface area contributed by atoms with E-state index in [4.69, 9.17) is 0 Å². The number of Topliss-reactive ketones (excluding diaryl/α,β-unsaturated/α-hetero) is 1. The van der Waals surface area contributed by atoms with E-state index >= 15 is 0 Å². The zero-order valence-corrected chi connectivity index (χ0v) is 11.9. The van der Waals surface area contributed by atoms with Gasteiger partial charge in [0.05, 0.1) is 11.0 Å². The van der Waals surface area contributed by atoms with Crippen molar-refractivity contribution in [3.8, 4) is 6.07 Å². The number of hydrogen-bond acceptors (Lipinski definition) is 4. The lowest BCUT2D eigenvalue weighted by molar-refractivity contribution is -0.384. The van der Waals surface area contributed by atoms with Crippen LogP contribution in [-0.2, 0) is 4.79 Å². The van der Waals surface area contributed by atoms with Crippen LogP contribution >= 0.6 is 0 Å². The number of carbonyl (C=O) groups excluding carboxylic acids is 1. The van der Waals surface area contributed by atoms with Crippen LogP contribution in [0.2, 0.25) is 0 Å². The molecule has 0 unspecified atom stereocenters. The molecule has 2 aromatic rings. The minimum Gasteiger partial charge on any atom is -0.328 e. The molecule has 110 valence electrons. The third-order valence-corrected chi connectivity index (χ3v) is 3.35. The summed E-state index contributed by atoms with van der Waals surface area (Å²) >= 11 is 0. The SMILES string of the molecule is C=C(C(C)=O)[C@@H](c1cccc([N+](=O)[O-])c1)n1cccc1C#N. The first-order chi connectivity index (χ1) is 10.5. The topological polar surface area (TPSA) is 88.9 Å². The second-order valence-electron chi connectivity index (χ2n) is 4.75. The second-order valence-corrected chi connectivity index (χ2v) is 4.75. The molecule has 1 aromatic carbocycles. The van der Waals surface area contributed by atoms with Gasteiger partial charge in [0.15, 0.2) is 5.78 Å². The number of ketones is 1. The molecule has 0 N–H and O–H groups in total. The fourth-order valence-electron chi connectivity index (χ4n) is 2.24. The second kappa shape index (κ2) is 6.06. The van der Waals surface area contributed by atoms with Gasteiger partial charge >= 0.3 is 0 Å². The van der Waals surface area contributed by atoms with E-state index in [9.17, 15) is 20.2 Å². The van der Waals surface area contributed by atoms with Crippen molar-refractivity contribution in [2.45, 2.75) is 13.0 Å². The summed E-state index contributed by atoms with van der Waals surface area (Å²) in [6.07, 6.45) is 1.65. The molecule has 0 amide bonds. The van der Waals surface area contributed by atoms with Crippen LogP contribution in [-0.4, -0.2) is 15.3 Å². The third-order valence-electron chi connectivity index (χ3n) is 3.35. The van der Waals surface area contributed by atoms with E-state index in [1.807, 2.05) is 6.07 Å². The Hall–Kier alpha value is -3.20. The number of benzene rings is 1. The molecule has 2 rings (SSSR count). The summed E-state index contributed by atoms with van der Waals surface area (Å²) in [5.41, 5.74) is 1.05. The quantitative estimate of drug-likeness (QED) is 0.482. The fourth-order valence-corrected chi connectivity index (χ4v) is 2.24. The van der Waals surface area contributed by atoms with Gasteiger partial charge in [0.2, 0.25) is 0 Å². The van der Waals surface area contributed by atoms with Crippen molar-refractivity contribution >= 4 is 11.5 Å². The predicted octanol–water partition coefficient (Wildman–Crippen LogP) is 3.00. The van der Waals surface area contributed by atoms with Crippen molar-refractivity contribution in [3.05, 3.63) is 76.1 Å². The zero-order chi connectivity index (χ0) is 16.3. The van der Waals surface area contributed by atoms with Crippen LogP contribution in [0.25, 0.3) is 0 Å². The smallest absolute Gasteiger partial charge is 0.269 e. The number of carbonyl (C=O) groups is 1. The van der Waals surface area contributed by atoms with Crippen molar-refractivity contribution in [1.29, 1.82) is 5.26 Å². The fraction of sp³-hybridized carbons (Fsp3) is 0.125. The average Bonchev–Trinajstić information content (AvgIpc) is 2.95. The van der Waals surface area contributed by atoms with E-state index in [-0.39, 0.29) is 17.0 Å². The molecule has 1 atom stereocenters. The molecule has 0 aliphatic heterocycles. The molecule has 0 aliphatic carbocycles. The maximum Gasteiger partial charge on any atom is 0.269 e. The Morgan fingerprint density at radius 1 is 1.41 bits per heavy atom. The number of allylic oxidation sites excluding steroid dienone is 1. The average molecular weight is 295 g/mol. The van der Waals surface area contributed by atoms with Gasteiger partial charge in [-0.25, -0.2) is 0 Å². The highest BCUT2D eigenvalue weighted by atomic mass is 16.6. The summed E-state index contributed by atoms with van der Waals surface area (Å²) in [7, 11) is 0. The molecule has 6 heteroatoms. The van der Waals surface area contributed by atoms with Crippen LogP contribution < -0.4 is 0 Å². The molecular weight excluding hydrogens is 282 g/mol. The summed E-state index contributed by atoms with van der Waals surface area (Å²) < 4.78 is 1.59. The number of hydrogen-bond donors (Lipinski definition) is 0. The summed E-state index contributed by atoms with van der Waals surface area (Å²) in [5.74, 6) is -0.242. The largest absolute Gasteiger partial charge is 0.328 e. The van der Waals surface area contributed by atoms with Crippen molar-refractivity contribution in [2.75, 3.05) is 0 Å². The standard InChI is InChI=1S/C16H13N3O3/c1-11(12(2)20)16(18-8-4-7-15(18)10-17)13-5-3-6-14(9-13)19(21)22/h3-9,16H,1H2,2H3/t16-/m0/s1. The molecule has 1 heterocycles. The highest BCUT2D eigenvalue weighted by Gasteiger charge is 2.23. The molecule has 0 spiro atoms. The Balaban J connectivity index is 2.62. The van der Waals surface area contributed by atoms with E-state index in [1.54, 1.807) is 35.0 Å². The monoisotopic (exact) mass is 295 g/mol. The maximum atomic E-state index is 11.7. The van der Waals surface area contributed by atoms with Crippen LogP contribution in [0.4, 0.5) is 5.69 Å². The van der Waals surface area contributed by atoms with Crippen LogP contribution in [0.5, 0.6) is 0 Å². The number of non-ortho nitro benzene ring substituents is 1. The molecule has 6 nitrogen and oxygen atoms in total. The summed E-state index contributed by atoms with van der Waals surface area (Å²) in [6.45, 7) is 5.16. The van der Waals surface area contributed by atoms with E-state index in [2.05, 4.69) is 6.58 Å². The lowest BCUT2D eigenvalue weighted by Crippen LogP contribution is -2.17. The summed E-state index contributed by atoms with van der Waals surface area (Å²) in [4.78, 5) is 22.2. The lowest BCUT2D eigenvalue weighted by Gasteiger charge is -2.21. The molecule has 0 fully saturated rings. The summed E-state index contributed by atoms with van der Waals surface area (Å²) in [5, 5.41) is 20.1. The van der Waals surface area contributed by atoms with Crippen LogP contribution in [0.3, 0.4) is 0 Å². The Morgan fingerprint density at radius 3 is 2.73 bits per heavy atom. The minimum absolute atomic E-state index is 0.0792. The van der Waals surface area contributed by atoms with Gasteiger partial charge in [-0.15, -0.1) is 0 Å². The minimum atomic E-state index is -0.651. The Morgan fingerprint density at radius 2 is 2.14 bits per heavy atom. The summed E-state index contributed by atoms with van der Waals surface area (Å²) in [6, 6.07) is 10.6. The van der Waals surface area contributed by atoms with E-state index in [0.717, 1.165) is 0 Å². The Bertz CT molecular complexity index is 799. The molecule has 0 radical (unpaired) electrons. The number of nitro groups is 1.